The number of ether oxygens (including phenoxy) is 1. The van der Waals surface area contributed by atoms with Crippen molar-refractivity contribution in [3.05, 3.63) is 78.4 Å². The number of hydrogen-bond acceptors (Lipinski definition) is 3. The number of nitrogens with zero attached hydrogens (tertiary/aromatic N) is 3. The van der Waals surface area contributed by atoms with Crippen molar-refractivity contribution >= 4 is 11.6 Å². The molecule has 0 bridgehead atoms. The molecule has 3 N–H and O–H groups in total. The Balaban J connectivity index is 1.53. The number of benzene rings is 2. The highest BCUT2D eigenvalue weighted by Gasteiger charge is 2.03. The number of nitrogens with one attached hydrogen (secondary N) is 1. The summed E-state index contributed by atoms with van der Waals surface area (Å²) in [5, 5.41) is 3.07. The quantitative estimate of drug-likeness (QED) is 0.475. The lowest BCUT2D eigenvalue weighted by molar-refractivity contribution is 0.415. The molecule has 6 heteroatoms. The second kappa shape index (κ2) is 9.43. The van der Waals surface area contributed by atoms with Crippen LogP contribution < -0.4 is 15.8 Å². The number of nitrogens with two attached hydrogens (primary N) is 1. The topological polar surface area (TPSA) is 77.5 Å². The smallest absolute Gasteiger partial charge is 0.193 e. The van der Waals surface area contributed by atoms with Crippen LogP contribution in [0, 0.1) is 0 Å². The molecule has 1 heterocycles. The third-order valence-corrected chi connectivity index (χ3v) is 4.24. The van der Waals surface area contributed by atoms with E-state index in [1.807, 2.05) is 36.5 Å². The van der Waals surface area contributed by atoms with Crippen LogP contribution in [0.15, 0.2) is 72.0 Å². The Hall–Kier alpha value is -3.28. The number of imidazole rings is 1. The van der Waals surface area contributed by atoms with Crippen molar-refractivity contribution in [2.24, 2.45) is 10.7 Å². The van der Waals surface area contributed by atoms with E-state index in [9.17, 15) is 0 Å². The Morgan fingerprint density at radius 2 is 2.04 bits per heavy atom. The molecule has 0 aliphatic carbocycles. The first-order valence-electron chi connectivity index (χ1n) is 8.99. The van der Waals surface area contributed by atoms with Gasteiger partial charge in [0.25, 0.3) is 0 Å². The fourth-order valence-electron chi connectivity index (χ4n) is 2.84. The van der Waals surface area contributed by atoms with Gasteiger partial charge in [0.05, 0.1) is 7.11 Å². The number of anilines is 1. The standard InChI is InChI=1S/C21H25N5O/c1-27-19-11-5-10-18(15-19)25-21(22)24-16-20-23-12-14-26(20)13-6-9-17-7-3-2-4-8-17/h2-5,7-8,10-12,14-15H,6,9,13,16H2,1H3,(H3,22,24,25). The third-order valence-electron chi connectivity index (χ3n) is 4.24. The van der Waals surface area contributed by atoms with Gasteiger partial charge in [-0.3, -0.25) is 0 Å². The van der Waals surface area contributed by atoms with Gasteiger partial charge in [-0.2, -0.15) is 0 Å². The SMILES string of the molecule is COc1cccc(NC(N)=NCc2nccn2CCCc2ccccc2)c1. The summed E-state index contributed by atoms with van der Waals surface area (Å²) >= 11 is 0. The average Bonchev–Trinajstić information content (AvgIpc) is 3.15. The summed E-state index contributed by atoms with van der Waals surface area (Å²) in [6.07, 6.45) is 5.89. The van der Waals surface area contributed by atoms with Crippen LogP contribution in [0.4, 0.5) is 5.69 Å². The molecule has 3 rings (SSSR count). The minimum absolute atomic E-state index is 0.349. The van der Waals surface area contributed by atoms with Crippen molar-refractivity contribution < 1.29 is 4.74 Å². The van der Waals surface area contributed by atoms with Gasteiger partial charge in [-0.15, -0.1) is 0 Å². The lowest BCUT2D eigenvalue weighted by Crippen LogP contribution is -2.22. The molecular weight excluding hydrogens is 338 g/mol. The number of aliphatic imine (C=N–C) groups is 1. The Morgan fingerprint density at radius 1 is 1.19 bits per heavy atom. The summed E-state index contributed by atoms with van der Waals surface area (Å²) in [6.45, 7) is 1.34. The van der Waals surface area contributed by atoms with E-state index in [0.717, 1.165) is 36.6 Å². The van der Waals surface area contributed by atoms with Crippen LogP contribution in [0.3, 0.4) is 0 Å². The van der Waals surface area contributed by atoms with Crippen LogP contribution in [0.25, 0.3) is 0 Å². The van der Waals surface area contributed by atoms with Crippen molar-refractivity contribution in [3.63, 3.8) is 0 Å². The molecule has 0 radical (unpaired) electrons. The van der Waals surface area contributed by atoms with Crippen LogP contribution in [0.2, 0.25) is 0 Å². The van der Waals surface area contributed by atoms with Crippen molar-refractivity contribution in [1.82, 2.24) is 9.55 Å². The fourth-order valence-corrected chi connectivity index (χ4v) is 2.84. The zero-order valence-corrected chi connectivity index (χ0v) is 15.5. The number of rotatable bonds is 8. The van der Waals surface area contributed by atoms with E-state index >= 15 is 0 Å². The van der Waals surface area contributed by atoms with Crippen molar-refractivity contribution in [1.29, 1.82) is 0 Å². The molecule has 3 aromatic rings. The molecule has 0 aliphatic heterocycles. The van der Waals surface area contributed by atoms with Gasteiger partial charge in [-0.05, 0) is 30.5 Å². The highest BCUT2D eigenvalue weighted by molar-refractivity contribution is 5.92. The number of hydrogen-bond donors (Lipinski definition) is 2. The van der Waals surface area contributed by atoms with Crippen LogP contribution in [0.1, 0.15) is 17.8 Å². The van der Waals surface area contributed by atoms with Crippen LogP contribution >= 0.6 is 0 Å². The summed E-state index contributed by atoms with van der Waals surface area (Å²) in [4.78, 5) is 8.80. The molecule has 0 spiro atoms. The molecule has 6 nitrogen and oxygen atoms in total. The zero-order chi connectivity index (χ0) is 18.9. The zero-order valence-electron chi connectivity index (χ0n) is 15.5. The maximum atomic E-state index is 6.00. The molecule has 2 aromatic carbocycles. The Labute approximate surface area is 159 Å². The van der Waals surface area contributed by atoms with E-state index < -0.39 is 0 Å². The van der Waals surface area contributed by atoms with Gasteiger partial charge in [0.15, 0.2) is 5.96 Å². The molecule has 0 saturated heterocycles. The van der Waals surface area contributed by atoms with Crippen LogP contribution in [0.5, 0.6) is 5.75 Å². The van der Waals surface area contributed by atoms with Crippen molar-refractivity contribution in [2.45, 2.75) is 25.9 Å². The van der Waals surface area contributed by atoms with Gasteiger partial charge < -0.3 is 20.4 Å². The third kappa shape index (κ3) is 5.60. The molecule has 0 unspecified atom stereocenters. The molecule has 27 heavy (non-hydrogen) atoms. The Kier molecular flexibility index (Phi) is 6.46. The maximum Gasteiger partial charge on any atom is 0.193 e. The normalized spacial score (nSPS) is 11.4. The van der Waals surface area contributed by atoms with E-state index in [1.54, 1.807) is 13.3 Å². The summed E-state index contributed by atoms with van der Waals surface area (Å²) < 4.78 is 7.34. The van der Waals surface area contributed by atoms with E-state index in [4.69, 9.17) is 10.5 Å². The molecule has 0 amide bonds. The molecule has 0 saturated carbocycles. The van der Waals surface area contributed by atoms with Crippen LogP contribution in [-0.2, 0) is 19.5 Å². The van der Waals surface area contributed by atoms with Crippen molar-refractivity contribution in [3.8, 4) is 5.75 Å². The predicted molar refractivity (Wildman–Crippen MR) is 109 cm³/mol. The second-order valence-electron chi connectivity index (χ2n) is 6.18. The number of guanidine groups is 1. The molecular formula is C21H25N5O. The van der Waals surface area contributed by atoms with E-state index in [0.29, 0.717) is 12.5 Å². The number of aromatic nitrogens is 2. The van der Waals surface area contributed by atoms with E-state index in [-0.39, 0.29) is 0 Å². The molecule has 0 aliphatic rings. The summed E-state index contributed by atoms with van der Waals surface area (Å²) in [5.41, 5.74) is 8.19. The highest BCUT2D eigenvalue weighted by atomic mass is 16.5. The Bertz CT molecular complexity index is 873. The number of aryl methyl sites for hydroxylation is 2. The highest BCUT2D eigenvalue weighted by Crippen LogP contribution is 2.16. The van der Waals surface area contributed by atoms with E-state index in [2.05, 4.69) is 44.1 Å². The van der Waals surface area contributed by atoms with Gasteiger partial charge >= 0.3 is 0 Å². The second-order valence-corrected chi connectivity index (χ2v) is 6.18. The first-order valence-corrected chi connectivity index (χ1v) is 8.99. The van der Waals surface area contributed by atoms with E-state index in [1.165, 1.54) is 5.56 Å². The summed E-state index contributed by atoms with van der Waals surface area (Å²) in [6, 6.07) is 18.1. The minimum Gasteiger partial charge on any atom is -0.497 e. The van der Waals surface area contributed by atoms with Gasteiger partial charge in [-0.1, -0.05) is 36.4 Å². The van der Waals surface area contributed by atoms with Gasteiger partial charge in [0.1, 0.15) is 18.1 Å². The molecule has 0 atom stereocenters. The largest absolute Gasteiger partial charge is 0.497 e. The van der Waals surface area contributed by atoms with Gasteiger partial charge in [0.2, 0.25) is 0 Å². The lowest BCUT2D eigenvalue weighted by Gasteiger charge is -2.09. The maximum absolute atomic E-state index is 6.00. The monoisotopic (exact) mass is 363 g/mol. The first-order chi connectivity index (χ1) is 13.2. The predicted octanol–water partition coefficient (Wildman–Crippen LogP) is 3.45. The van der Waals surface area contributed by atoms with Gasteiger partial charge in [-0.25, -0.2) is 9.98 Å². The average molecular weight is 363 g/mol. The first kappa shape index (κ1) is 18.5. The van der Waals surface area contributed by atoms with Gasteiger partial charge in [0, 0.05) is 30.7 Å². The lowest BCUT2D eigenvalue weighted by atomic mass is 10.1. The number of methoxy groups -OCH3 is 1. The summed E-state index contributed by atoms with van der Waals surface area (Å²) in [5.74, 6) is 2.02. The Morgan fingerprint density at radius 3 is 2.85 bits per heavy atom. The molecule has 140 valence electrons. The summed E-state index contributed by atoms with van der Waals surface area (Å²) in [7, 11) is 1.63. The van der Waals surface area contributed by atoms with Crippen molar-refractivity contribution in [2.75, 3.05) is 12.4 Å². The molecule has 0 fully saturated rings. The van der Waals surface area contributed by atoms with Crippen LogP contribution in [-0.4, -0.2) is 22.6 Å². The minimum atomic E-state index is 0.349. The molecule has 1 aromatic heterocycles. The fraction of sp³-hybridized carbons (Fsp3) is 0.238.